The summed E-state index contributed by atoms with van der Waals surface area (Å²) in [6, 6.07) is 6.92. The third-order valence-electron chi connectivity index (χ3n) is 1.42. The van der Waals surface area contributed by atoms with Gasteiger partial charge in [-0.15, -0.1) is 0 Å². The zero-order valence-electron chi connectivity index (χ0n) is 7.76. The van der Waals surface area contributed by atoms with E-state index in [0.29, 0.717) is 13.2 Å². The third kappa shape index (κ3) is 3.06. The fourth-order valence-electron chi connectivity index (χ4n) is 0.927. The average Bonchev–Trinajstić information content (AvgIpc) is 2.12. The second-order valence-electron chi connectivity index (χ2n) is 2.37. The zero-order valence-corrected chi connectivity index (χ0v) is 9.92. The van der Waals surface area contributed by atoms with Gasteiger partial charge < -0.3 is 9.47 Å². The Hall–Kier alpha value is -0.450. The highest BCUT2D eigenvalue weighted by Gasteiger charge is 2.02. The monoisotopic (exact) mass is 291 g/mol. The van der Waals surface area contributed by atoms with Gasteiger partial charge in [-0.3, -0.25) is 0 Å². The van der Waals surface area contributed by atoms with E-state index >= 15 is 0 Å². The van der Waals surface area contributed by atoms with Gasteiger partial charge in [-0.1, -0.05) is 0 Å². The number of hydrogen-bond acceptors (Lipinski definition) is 2. The summed E-state index contributed by atoms with van der Waals surface area (Å²) in [5.41, 5.74) is 0. The molecule has 13 heavy (non-hydrogen) atoms. The molecular formula is C10H12IO2. The molecule has 0 saturated heterocycles. The van der Waals surface area contributed by atoms with Crippen LogP contribution >= 0.6 is 22.6 Å². The molecule has 1 rings (SSSR count). The number of rotatable bonds is 4. The Bertz CT molecular complexity index is 274. The summed E-state index contributed by atoms with van der Waals surface area (Å²) >= 11 is 2.22. The first kappa shape index (κ1) is 10.6. The van der Waals surface area contributed by atoms with Crippen molar-refractivity contribution in [2.75, 3.05) is 13.2 Å². The van der Waals surface area contributed by atoms with Gasteiger partial charge in [0.1, 0.15) is 11.5 Å². The van der Waals surface area contributed by atoms with Crippen LogP contribution in [0.2, 0.25) is 0 Å². The maximum atomic E-state index is 5.38. The Kier molecular flexibility index (Phi) is 4.35. The van der Waals surface area contributed by atoms with Crippen molar-refractivity contribution in [1.29, 1.82) is 0 Å². The van der Waals surface area contributed by atoms with Gasteiger partial charge >= 0.3 is 0 Å². The minimum Gasteiger partial charge on any atom is -0.493 e. The van der Waals surface area contributed by atoms with Crippen LogP contribution < -0.4 is 9.47 Å². The first-order valence-corrected chi connectivity index (χ1v) is 5.33. The first-order chi connectivity index (χ1) is 6.27. The van der Waals surface area contributed by atoms with Crippen LogP contribution in [0, 0.1) is 9.64 Å². The van der Waals surface area contributed by atoms with Crippen molar-refractivity contribution >= 4 is 22.6 Å². The van der Waals surface area contributed by atoms with Gasteiger partial charge in [0.15, 0.2) is 0 Å². The summed E-state index contributed by atoms with van der Waals surface area (Å²) in [7, 11) is 0. The highest BCUT2D eigenvalue weighted by Crippen LogP contribution is 2.25. The molecule has 0 bridgehead atoms. The van der Waals surface area contributed by atoms with E-state index in [2.05, 4.69) is 28.7 Å². The molecule has 71 valence electrons. The molecule has 0 heterocycles. The van der Waals surface area contributed by atoms with Gasteiger partial charge in [0.05, 0.1) is 22.9 Å². The van der Waals surface area contributed by atoms with Crippen molar-refractivity contribution < 1.29 is 9.47 Å². The lowest BCUT2D eigenvalue weighted by molar-refractivity contribution is 0.320. The SMILES string of the molecule is CCOc1[c]c(OCC)c(I)cc1. The van der Waals surface area contributed by atoms with Crippen LogP contribution in [0.15, 0.2) is 12.1 Å². The van der Waals surface area contributed by atoms with E-state index in [1.807, 2.05) is 26.0 Å². The molecule has 0 N–H and O–H groups in total. The molecule has 0 aliphatic heterocycles. The van der Waals surface area contributed by atoms with Crippen LogP contribution in [-0.2, 0) is 0 Å². The summed E-state index contributed by atoms with van der Waals surface area (Å²) in [5.74, 6) is 1.51. The number of ether oxygens (including phenoxy) is 2. The summed E-state index contributed by atoms with van der Waals surface area (Å²) in [6.07, 6.45) is 0. The Labute approximate surface area is 92.4 Å². The lowest BCUT2D eigenvalue weighted by atomic mass is 10.3. The van der Waals surface area contributed by atoms with Gasteiger partial charge in [-0.05, 0) is 48.6 Å². The normalized spacial score (nSPS) is 9.77. The lowest BCUT2D eigenvalue weighted by Crippen LogP contribution is -1.96. The second-order valence-corrected chi connectivity index (χ2v) is 3.53. The van der Waals surface area contributed by atoms with Crippen molar-refractivity contribution in [1.82, 2.24) is 0 Å². The molecule has 2 nitrogen and oxygen atoms in total. The van der Waals surface area contributed by atoms with E-state index < -0.39 is 0 Å². The molecule has 1 radical (unpaired) electrons. The predicted octanol–water partition coefficient (Wildman–Crippen LogP) is 2.89. The van der Waals surface area contributed by atoms with E-state index in [9.17, 15) is 0 Å². The maximum Gasteiger partial charge on any atom is 0.144 e. The Morgan fingerprint density at radius 1 is 1.23 bits per heavy atom. The molecule has 3 heteroatoms. The van der Waals surface area contributed by atoms with Crippen molar-refractivity contribution in [2.45, 2.75) is 13.8 Å². The molecule has 0 aromatic heterocycles. The van der Waals surface area contributed by atoms with Crippen molar-refractivity contribution in [3.8, 4) is 11.5 Å². The Morgan fingerprint density at radius 2 is 1.92 bits per heavy atom. The second kappa shape index (κ2) is 5.32. The quantitative estimate of drug-likeness (QED) is 0.794. The van der Waals surface area contributed by atoms with Crippen LogP contribution in [0.1, 0.15) is 13.8 Å². The van der Waals surface area contributed by atoms with E-state index in [4.69, 9.17) is 9.47 Å². The largest absolute Gasteiger partial charge is 0.493 e. The minimum absolute atomic E-state index is 0.655. The van der Waals surface area contributed by atoms with E-state index in [0.717, 1.165) is 15.1 Å². The standard InChI is InChI=1S/C10H12IO2/c1-3-12-8-5-6-9(11)10(7-8)13-4-2/h5-6H,3-4H2,1-2H3. The molecule has 0 amide bonds. The van der Waals surface area contributed by atoms with Gasteiger partial charge in [0.2, 0.25) is 0 Å². The van der Waals surface area contributed by atoms with E-state index in [-0.39, 0.29) is 0 Å². The van der Waals surface area contributed by atoms with Crippen LogP contribution in [0.5, 0.6) is 11.5 Å². The van der Waals surface area contributed by atoms with Crippen molar-refractivity contribution in [2.24, 2.45) is 0 Å². The molecule has 0 atom stereocenters. The fraction of sp³-hybridized carbons (Fsp3) is 0.400. The molecular weight excluding hydrogens is 279 g/mol. The third-order valence-corrected chi connectivity index (χ3v) is 2.27. The van der Waals surface area contributed by atoms with Crippen molar-refractivity contribution in [3.05, 3.63) is 21.8 Å². The Balaban J connectivity index is 2.83. The first-order valence-electron chi connectivity index (χ1n) is 4.25. The van der Waals surface area contributed by atoms with Crippen LogP contribution in [0.3, 0.4) is 0 Å². The molecule has 0 aliphatic carbocycles. The van der Waals surface area contributed by atoms with Crippen LogP contribution in [-0.4, -0.2) is 13.2 Å². The number of benzene rings is 1. The molecule has 0 unspecified atom stereocenters. The minimum atomic E-state index is 0.655. The molecule has 1 aromatic rings. The smallest absolute Gasteiger partial charge is 0.144 e. The van der Waals surface area contributed by atoms with Gasteiger partial charge in [0, 0.05) is 0 Å². The number of hydrogen-bond donors (Lipinski definition) is 0. The molecule has 1 aromatic carbocycles. The van der Waals surface area contributed by atoms with Crippen molar-refractivity contribution in [3.63, 3.8) is 0 Å². The number of halogens is 1. The zero-order chi connectivity index (χ0) is 9.68. The molecule has 0 saturated carbocycles. The average molecular weight is 291 g/mol. The maximum absolute atomic E-state index is 5.38. The molecule has 0 aliphatic rings. The van der Waals surface area contributed by atoms with Crippen LogP contribution in [0.4, 0.5) is 0 Å². The van der Waals surface area contributed by atoms with Gasteiger partial charge in [-0.25, -0.2) is 0 Å². The summed E-state index contributed by atoms with van der Waals surface area (Å²) in [5, 5.41) is 0. The highest BCUT2D eigenvalue weighted by atomic mass is 127. The summed E-state index contributed by atoms with van der Waals surface area (Å²) in [6.45, 7) is 5.22. The molecule has 0 fully saturated rings. The topological polar surface area (TPSA) is 18.5 Å². The van der Waals surface area contributed by atoms with E-state index in [1.54, 1.807) is 0 Å². The summed E-state index contributed by atoms with van der Waals surface area (Å²) in [4.78, 5) is 0. The van der Waals surface area contributed by atoms with Crippen LogP contribution in [0.25, 0.3) is 0 Å². The van der Waals surface area contributed by atoms with Gasteiger partial charge in [0.25, 0.3) is 0 Å². The fourth-order valence-corrected chi connectivity index (χ4v) is 1.40. The van der Waals surface area contributed by atoms with Gasteiger partial charge in [-0.2, -0.15) is 0 Å². The Morgan fingerprint density at radius 3 is 2.54 bits per heavy atom. The predicted molar refractivity (Wildman–Crippen MR) is 60.3 cm³/mol. The van der Waals surface area contributed by atoms with E-state index in [1.165, 1.54) is 0 Å². The molecule has 0 spiro atoms. The summed E-state index contributed by atoms with van der Waals surface area (Å²) < 4.78 is 11.7. The lowest BCUT2D eigenvalue weighted by Gasteiger charge is -2.07. The highest BCUT2D eigenvalue weighted by molar-refractivity contribution is 14.1.